The number of methoxy groups -OCH3 is 1. The zero-order chi connectivity index (χ0) is 23.8. The summed E-state index contributed by atoms with van der Waals surface area (Å²) in [4.78, 5) is 30.5. The number of ether oxygens (including phenoxy) is 2. The molecule has 1 aromatic carbocycles. The summed E-state index contributed by atoms with van der Waals surface area (Å²) in [5.41, 5.74) is 2.04. The van der Waals surface area contributed by atoms with E-state index in [1.165, 1.54) is 7.11 Å². The number of hydrogen-bond acceptors (Lipinski definition) is 8. The molecular weight excluding hydrogens is 458 g/mol. The van der Waals surface area contributed by atoms with Crippen molar-refractivity contribution < 1.29 is 19.1 Å². The highest BCUT2D eigenvalue weighted by Crippen LogP contribution is 2.40. The predicted molar refractivity (Wildman–Crippen MR) is 133 cm³/mol. The third-order valence-electron chi connectivity index (χ3n) is 5.48. The van der Waals surface area contributed by atoms with Gasteiger partial charge >= 0.3 is 12.1 Å². The standard InChI is InChI=1S/C24H33N3O4S2/c1-5-26-33-20-12-16(13-22(28)30-4)6-11-19(20)21-14-25-23(32-21)17-7-9-18(10-8-17)27-24(29)31-15(2)3/h6,11-12,14-15,17-18,26H,5,7-10,13H2,1-4H3,(H,27,29). The van der Waals surface area contributed by atoms with Crippen LogP contribution >= 0.6 is 23.3 Å². The SMILES string of the molecule is CCNSc1cc(CC(=O)OC)ccc1-c1cnc(C2CCC(NC(=O)OC(C)C)CC2)s1. The molecule has 1 aliphatic carbocycles. The summed E-state index contributed by atoms with van der Waals surface area (Å²) in [6.45, 7) is 6.60. The first-order chi connectivity index (χ1) is 15.9. The Labute approximate surface area is 204 Å². The second-order valence-corrected chi connectivity index (χ2v) is 10.4. The van der Waals surface area contributed by atoms with Crippen molar-refractivity contribution in [2.75, 3.05) is 13.7 Å². The first-order valence-corrected chi connectivity index (χ1v) is 13.1. The molecule has 7 nitrogen and oxygen atoms in total. The molecule has 1 aromatic heterocycles. The Morgan fingerprint density at radius 3 is 2.67 bits per heavy atom. The third kappa shape index (κ3) is 7.45. The van der Waals surface area contributed by atoms with Gasteiger partial charge in [0.05, 0.1) is 29.5 Å². The minimum atomic E-state index is -0.327. The highest BCUT2D eigenvalue weighted by molar-refractivity contribution is 7.97. The van der Waals surface area contributed by atoms with Crippen molar-refractivity contribution in [2.24, 2.45) is 0 Å². The van der Waals surface area contributed by atoms with Crippen LogP contribution in [0.15, 0.2) is 29.3 Å². The summed E-state index contributed by atoms with van der Waals surface area (Å²) >= 11 is 3.30. The van der Waals surface area contributed by atoms with Gasteiger partial charge in [0, 0.05) is 35.2 Å². The maximum absolute atomic E-state index is 11.9. The minimum Gasteiger partial charge on any atom is -0.469 e. The number of nitrogens with zero attached hydrogens (tertiary/aromatic N) is 1. The molecule has 2 N–H and O–H groups in total. The lowest BCUT2D eigenvalue weighted by molar-refractivity contribution is -0.139. The minimum absolute atomic E-state index is 0.111. The van der Waals surface area contributed by atoms with Gasteiger partial charge in [-0.05, 0) is 63.1 Å². The van der Waals surface area contributed by atoms with Gasteiger partial charge in [-0.1, -0.05) is 19.1 Å². The van der Waals surface area contributed by atoms with E-state index in [9.17, 15) is 9.59 Å². The summed E-state index contributed by atoms with van der Waals surface area (Å²) in [5, 5.41) is 4.13. The average Bonchev–Trinajstić information content (AvgIpc) is 3.27. The second-order valence-electron chi connectivity index (χ2n) is 8.39. The van der Waals surface area contributed by atoms with Crippen LogP contribution in [0.5, 0.6) is 0 Å². The molecule has 2 aromatic rings. The first-order valence-electron chi connectivity index (χ1n) is 11.4. The van der Waals surface area contributed by atoms with E-state index < -0.39 is 0 Å². The molecule has 1 heterocycles. The number of carbonyl (C=O) groups excluding carboxylic acids is 2. The van der Waals surface area contributed by atoms with Crippen molar-refractivity contribution in [3.8, 4) is 10.4 Å². The largest absolute Gasteiger partial charge is 0.469 e. The Hall–Kier alpha value is -2.10. The van der Waals surface area contributed by atoms with E-state index in [0.717, 1.165) is 58.1 Å². The van der Waals surface area contributed by atoms with Crippen LogP contribution in [0.4, 0.5) is 4.79 Å². The molecule has 3 rings (SSSR count). The lowest BCUT2D eigenvalue weighted by Crippen LogP contribution is -2.38. The molecule has 180 valence electrons. The summed E-state index contributed by atoms with van der Waals surface area (Å²) in [7, 11) is 1.41. The monoisotopic (exact) mass is 491 g/mol. The Morgan fingerprint density at radius 1 is 1.24 bits per heavy atom. The van der Waals surface area contributed by atoms with E-state index >= 15 is 0 Å². The molecule has 0 saturated heterocycles. The fourth-order valence-corrected chi connectivity index (χ4v) is 5.84. The molecule has 0 spiro atoms. The van der Waals surface area contributed by atoms with Crippen LogP contribution in [0.25, 0.3) is 10.4 Å². The number of carbonyl (C=O) groups is 2. The van der Waals surface area contributed by atoms with Crippen molar-refractivity contribution in [1.29, 1.82) is 0 Å². The molecule has 0 bridgehead atoms. The van der Waals surface area contributed by atoms with Crippen molar-refractivity contribution in [1.82, 2.24) is 15.0 Å². The summed E-state index contributed by atoms with van der Waals surface area (Å²) in [6.07, 6.45) is 5.62. The van der Waals surface area contributed by atoms with Crippen LogP contribution in [-0.4, -0.2) is 42.8 Å². The highest BCUT2D eigenvalue weighted by Gasteiger charge is 2.26. The molecule has 1 aliphatic rings. The lowest BCUT2D eigenvalue weighted by atomic mass is 9.86. The van der Waals surface area contributed by atoms with Crippen molar-refractivity contribution in [3.63, 3.8) is 0 Å². The van der Waals surface area contributed by atoms with Gasteiger partial charge in [-0.3, -0.25) is 9.52 Å². The van der Waals surface area contributed by atoms with Crippen molar-refractivity contribution >= 4 is 35.3 Å². The molecule has 0 atom stereocenters. The molecule has 0 radical (unpaired) electrons. The molecule has 1 amide bonds. The topological polar surface area (TPSA) is 89.5 Å². The van der Waals surface area contributed by atoms with Gasteiger partial charge in [-0.25, -0.2) is 9.78 Å². The normalized spacial score (nSPS) is 18.2. The number of hydrogen-bond donors (Lipinski definition) is 2. The Balaban J connectivity index is 1.67. The van der Waals surface area contributed by atoms with Crippen LogP contribution < -0.4 is 10.0 Å². The molecule has 1 fully saturated rings. The lowest BCUT2D eigenvalue weighted by Gasteiger charge is -2.28. The Kier molecular flexibility index (Phi) is 9.58. The number of esters is 1. The maximum atomic E-state index is 11.9. The van der Waals surface area contributed by atoms with Gasteiger partial charge in [-0.2, -0.15) is 0 Å². The van der Waals surface area contributed by atoms with Crippen LogP contribution in [0, 0.1) is 0 Å². The summed E-state index contributed by atoms with van der Waals surface area (Å²) < 4.78 is 13.3. The van der Waals surface area contributed by atoms with Gasteiger partial charge in [-0.15, -0.1) is 11.3 Å². The molecule has 33 heavy (non-hydrogen) atoms. The zero-order valence-corrected chi connectivity index (χ0v) is 21.3. The van der Waals surface area contributed by atoms with E-state index in [1.807, 2.05) is 32.2 Å². The number of amides is 1. The van der Waals surface area contributed by atoms with Crippen LogP contribution in [0.3, 0.4) is 0 Å². The van der Waals surface area contributed by atoms with Crippen LogP contribution in [0.2, 0.25) is 0 Å². The van der Waals surface area contributed by atoms with Crippen molar-refractivity contribution in [2.45, 2.75) is 75.8 Å². The molecule has 0 unspecified atom stereocenters. The van der Waals surface area contributed by atoms with E-state index in [4.69, 9.17) is 14.5 Å². The molecular formula is C24H33N3O4S2. The number of thiazole rings is 1. The highest BCUT2D eigenvalue weighted by atomic mass is 32.2. The fourth-order valence-electron chi connectivity index (χ4n) is 3.85. The van der Waals surface area contributed by atoms with Gasteiger partial charge in [0.1, 0.15) is 0 Å². The number of alkyl carbamates (subject to hydrolysis) is 1. The molecule has 1 saturated carbocycles. The van der Waals surface area contributed by atoms with Gasteiger partial charge in [0.15, 0.2) is 0 Å². The van der Waals surface area contributed by atoms with Gasteiger partial charge in [0.2, 0.25) is 0 Å². The number of nitrogens with one attached hydrogen (secondary N) is 2. The van der Waals surface area contributed by atoms with Crippen LogP contribution in [-0.2, 0) is 20.7 Å². The summed E-state index contributed by atoms with van der Waals surface area (Å²) in [5.74, 6) is 0.163. The van der Waals surface area contributed by atoms with Crippen molar-refractivity contribution in [3.05, 3.63) is 35.0 Å². The van der Waals surface area contributed by atoms with Gasteiger partial charge < -0.3 is 14.8 Å². The number of rotatable bonds is 9. The number of aromatic nitrogens is 1. The quantitative estimate of drug-likeness (QED) is 0.363. The fraction of sp³-hybridized carbons (Fsp3) is 0.542. The first kappa shape index (κ1) is 25.5. The Bertz CT molecular complexity index is 940. The van der Waals surface area contributed by atoms with E-state index in [0.29, 0.717) is 5.92 Å². The Morgan fingerprint density at radius 2 is 2.00 bits per heavy atom. The molecule has 9 heteroatoms. The third-order valence-corrected chi connectivity index (χ3v) is 7.66. The van der Waals surface area contributed by atoms with Gasteiger partial charge in [0.25, 0.3) is 0 Å². The predicted octanol–water partition coefficient (Wildman–Crippen LogP) is 5.30. The molecule has 0 aliphatic heterocycles. The van der Waals surface area contributed by atoms with E-state index in [1.54, 1.807) is 23.3 Å². The number of benzene rings is 1. The smallest absolute Gasteiger partial charge is 0.407 e. The maximum Gasteiger partial charge on any atom is 0.407 e. The summed E-state index contributed by atoms with van der Waals surface area (Å²) in [6, 6.07) is 6.26. The van der Waals surface area contributed by atoms with E-state index in [2.05, 4.69) is 23.0 Å². The second kappa shape index (κ2) is 12.4. The van der Waals surface area contributed by atoms with Crippen LogP contribution in [0.1, 0.15) is 62.9 Å². The average molecular weight is 492 g/mol. The van der Waals surface area contributed by atoms with E-state index in [-0.39, 0.29) is 30.6 Å². The zero-order valence-electron chi connectivity index (χ0n) is 19.7.